The average Bonchev–Trinajstić information content (AvgIpc) is 2.57. The Hall–Kier alpha value is -1.94. The Morgan fingerprint density at radius 3 is 2.73 bits per heavy atom. The van der Waals surface area contributed by atoms with Crippen molar-refractivity contribution in [3.63, 3.8) is 0 Å². The fourth-order valence-electron chi connectivity index (χ4n) is 3.10. The van der Waals surface area contributed by atoms with Crippen LogP contribution in [0.1, 0.15) is 36.6 Å². The molecule has 1 aliphatic heterocycles. The van der Waals surface area contributed by atoms with E-state index in [9.17, 15) is 0 Å². The predicted octanol–water partition coefficient (Wildman–Crippen LogP) is 3.27. The minimum Gasteiger partial charge on any atom is -0.363 e. The number of hydrogen-bond acceptors (Lipinski definition) is 4. The molecular formula is C18H24N4. The Bertz CT molecular complexity index is 580. The van der Waals surface area contributed by atoms with E-state index in [0.717, 1.165) is 18.9 Å². The largest absolute Gasteiger partial charge is 0.363 e. The molecule has 4 nitrogen and oxygen atoms in total. The summed E-state index contributed by atoms with van der Waals surface area (Å²) in [6.07, 6.45) is 7.65. The Kier molecular flexibility index (Phi) is 4.68. The minimum atomic E-state index is 0.434. The minimum absolute atomic E-state index is 0.434. The molecule has 4 heteroatoms. The molecule has 0 spiro atoms. The molecule has 0 aromatic carbocycles. The highest BCUT2D eigenvalue weighted by Gasteiger charge is 2.24. The molecule has 1 atom stereocenters. The highest BCUT2D eigenvalue weighted by molar-refractivity contribution is 5.37. The fourth-order valence-corrected chi connectivity index (χ4v) is 3.10. The van der Waals surface area contributed by atoms with E-state index in [-0.39, 0.29) is 0 Å². The Labute approximate surface area is 132 Å². The van der Waals surface area contributed by atoms with Gasteiger partial charge in [-0.25, -0.2) is 4.98 Å². The number of anilines is 1. The molecule has 116 valence electrons. The first-order valence-electron chi connectivity index (χ1n) is 8.01. The summed E-state index contributed by atoms with van der Waals surface area (Å²) in [4.78, 5) is 13.7. The van der Waals surface area contributed by atoms with E-state index in [0.29, 0.717) is 6.04 Å². The first-order valence-corrected chi connectivity index (χ1v) is 8.01. The SMILES string of the molecule is CN(C)c1ccc(CN2CCCC[C@@H]2c2ccccn2)cn1. The number of aromatic nitrogens is 2. The number of nitrogens with zero attached hydrogens (tertiary/aromatic N) is 4. The Balaban J connectivity index is 1.74. The zero-order chi connectivity index (χ0) is 15.4. The lowest BCUT2D eigenvalue weighted by atomic mass is 9.98. The number of likely N-dealkylation sites (tertiary alicyclic amines) is 1. The molecule has 1 saturated heterocycles. The number of hydrogen-bond donors (Lipinski definition) is 0. The van der Waals surface area contributed by atoms with Gasteiger partial charge in [-0.05, 0) is 43.1 Å². The summed E-state index contributed by atoms with van der Waals surface area (Å²) in [6, 6.07) is 10.9. The van der Waals surface area contributed by atoms with E-state index in [2.05, 4.69) is 39.1 Å². The van der Waals surface area contributed by atoms with Gasteiger partial charge in [0.1, 0.15) is 5.82 Å². The zero-order valence-corrected chi connectivity index (χ0v) is 13.4. The maximum absolute atomic E-state index is 4.57. The predicted molar refractivity (Wildman–Crippen MR) is 89.8 cm³/mol. The fraction of sp³-hybridized carbons (Fsp3) is 0.444. The van der Waals surface area contributed by atoms with Gasteiger partial charge in [0.2, 0.25) is 0 Å². The highest BCUT2D eigenvalue weighted by Crippen LogP contribution is 2.30. The van der Waals surface area contributed by atoms with Crippen LogP contribution in [-0.4, -0.2) is 35.5 Å². The summed E-state index contributed by atoms with van der Waals surface area (Å²) in [5, 5.41) is 0. The monoisotopic (exact) mass is 296 g/mol. The van der Waals surface area contributed by atoms with Gasteiger partial charge in [-0.15, -0.1) is 0 Å². The summed E-state index contributed by atoms with van der Waals surface area (Å²) < 4.78 is 0. The number of rotatable bonds is 4. The van der Waals surface area contributed by atoms with Gasteiger partial charge in [-0.2, -0.15) is 0 Å². The lowest BCUT2D eigenvalue weighted by molar-refractivity contribution is 0.137. The van der Waals surface area contributed by atoms with Crippen LogP contribution in [0.25, 0.3) is 0 Å². The van der Waals surface area contributed by atoms with Gasteiger partial charge >= 0.3 is 0 Å². The van der Waals surface area contributed by atoms with Crippen LogP contribution < -0.4 is 4.90 Å². The van der Waals surface area contributed by atoms with E-state index in [1.54, 1.807) is 0 Å². The van der Waals surface area contributed by atoms with Crippen molar-refractivity contribution in [1.82, 2.24) is 14.9 Å². The third-order valence-corrected chi connectivity index (χ3v) is 4.30. The van der Waals surface area contributed by atoms with Crippen molar-refractivity contribution < 1.29 is 0 Å². The smallest absolute Gasteiger partial charge is 0.127 e. The van der Waals surface area contributed by atoms with Crippen LogP contribution in [0.2, 0.25) is 0 Å². The molecule has 0 aliphatic carbocycles. The van der Waals surface area contributed by atoms with E-state index >= 15 is 0 Å². The molecule has 0 bridgehead atoms. The van der Waals surface area contributed by atoms with Crippen molar-refractivity contribution in [2.45, 2.75) is 31.8 Å². The molecular weight excluding hydrogens is 272 g/mol. The Morgan fingerprint density at radius 1 is 1.14 bits per heavy atom. The van der Waals surface area contributed by atoms with Crippen LogP contribution in [0.15, 0.2) is 42.7 Å². The lowest BCUT2D eigenvalue weighted by Gasteiger charge is -2.35. The molecule has 2 aromatic rings. The molecule has 0 radical (unpaired) electrons. The van der Waals surface area contributed by atoms with Gasteiger partial charge in [-0.1, -0.05) is 18.6 Å². The topological polar surface area (TPSA) is 32.3 Å². The van der Waals surface area contributed by atoms with Crippen LogP contribution in [0, 0.1) is 0 Å². The van der Waals surface area contributed by atoms with Gasteiger partial charge in [0.25, 0.3) is 0 Å². The molecule has 0 saturated carbocycles. The third-order valence-electron chi connectivity index (χ3n) is 4.30. The van der Waals surface area contributed by atoms with Crippen LogP contribution in [-0.2, 0) is 6.54 Å². The average molecular weight is 296 g/mol. The van der Waals surface area contributed by atoms with Crippen molar-refractivity contribution in [1.29, 1.82) is 0 Å². The summed E-state index contributed by atoms with van der Waals surface area (Å²) in [6.45, 7) is 2.08. The molecule has 0 unspecified atom stereocenters. The van der Waals surface area contributed by atoms with Gasteiger partial charge in [-0.3, -0.25) is 9.88 Å². The highest BCUT2D eigenvalue weighted by atomic mass is 15.2. The van der Waals surface area contributed by atoms with Crippen molar-refractivity contribution in [2.75, 3.05) is 25.5 Å². The van der Waals surface area contributed by atoms with Crippen molar-refractivity contribution in [3.8, 4) is 0 Å². The van der Waals surface area contributed by atoms with Crippen LogP contribution >= 0.6 is 0 Å². The van der Waals surface area contributed by atoms with Gasteiger partial charge < -0.3 is 4.90 Å². The first kappa shape index (κ1) is 15.0. The molecule has 1 aliphatic rings. The number of piperidine rings is 1. The molecule has 0 N–H and O–H groups in total. The molecule has 1 fully saturated rings. The van der Waals surface area contributed by atoms with E-state index in [1.807, 2.05) is 37.5 Å². The number of pyridine rings is 2. The second-order valence-corrected chi connectivity index (χ2v) is 6.16. The zero-order valence-electron chi connectivity index (χ0n) is 13.4. The van der Waals surface area contributed by atoms with Crippen molar-refractivity contribution in [3.05, 3.63) is 54.0 Å². The summed E-state index contributed by atoms with van der Waals surface area (Å²) >= 11 is 0. The summed E-state index contributed by atoms with van der Waals surface area (Å²) in [5.74, 6) is 1.00. The lowest BCUT2D eigenvalue weighted by Crippen LogP contribution is -2.33. The Morgan fingerprint density at radius 2 is 2.05 bits per heavy atom. The summed E-state index contributed by atoms with van der Waals surface area (Å²) in [7, 11) is 4.04. The van der Waals surface area contributed by atoms with Crippen LogP contribution in [0.5, 0.6) is 0 Å². The van der Waals surface area contributed by atoms with Crippen LogP contribution in [0.3, 0.4) is 0 Å². The van der Waals surface area contributed by atoms with E-state index in [1.165, 1.54) is 30.5 Å². The normalized spacial score (nSPS) is 19.1. The van der Waals surface area contributed by atoms with E-state index in [4.69, 9.17) is 0 Å². The maximum Gasteiger partial charge on any atom is 0.127 e. The first-order chi connectivity index (χ1) is 10.7. The second kappa shape index (κ2) is 6.88. The molecule has 3 rings (SSSR count). The maximum atomic E-state index is 4.57. The van der Waals surface area contributed by atoms with E-state index < -0.39 is 0 Å². The van der Waals surface area contributed by atoms with Crippen LogP contribution in [0.4, 0.5) is 5.82 Å². The van der Waals surface area contributed by atoms with Crippen molar-refractivity contribution >= 4 is 5.82 Å². The van der Waals surface area contributed by atoms with Gasteiger partial charge in [0.05, 0.1) is 11.7 Å². The standard InChI is InChI=1S/C18H24N4/c1-21(2)18-10-9-15(13-20-18)14-22-12-6-4-8-17(22)16-7-3-5-11-19-16/h3,5,7,9-11,13,17H,4,6,8,12,14H2,1-2H3/t17-/m1/s1. The quantitative estimate of drug-likeness (QED) is 0.867. The van der Waals surface area contributed by atoms with Crippen molar-refractivity contribution in [2.24, 2.45) is 0 Å². The van der Waals surface area contributed by atoms with Gasteiger partial charge in [0, 0.05) is 33.0 Å². The van der Waals surface area contributed by atoms with Gasteiger partial charge in [0.15, 0.2) is 0 Å². The second-order valence-electron chi connectivity index (χ2n) is 6.16. The molecule has 3 heterocycles. The molecule has 2 aromatic heterocycles. The third kappa shape index (κ3) is 3.45. The summed E-state index contributed by atoms with van der Waals surface area (Å²) in [5.41, 5.74) is 2.47. The molecule has 0 amide bonds. The molecule has 22 heavy (non-hydrogen) atoms.